The maximum Gasteiger partial charge on any atom is 0.356 e. The summed E-state index contributed by atoms with van der Waals surface area (Å²) < 4.78 is 12.3. The second-order valence-corrected chi connectivity index (χ2v) is 5.50. The van der Waals surface area contributed by atoms with E-state index in [0.717, 1.165) is 10.9 Å². The minimum Gasteiger partial charge on any atom is -0.459 e. The van der Waals surface area contributed by atoms with Gasteiger partial charge in [-0.05, 0) is 12.5 Å². The molecule has 2 aromatic rings. The molecule has 0 aliphatic rings. The first-order valence-corrected chi connectivity index (χ1v) is 8.23. The molecule has 0 saturated carbocycles. The van der Waals surface area contributed by atoms with Gasteiger partial charge in [-0.15, -0.1) is 0 Å². The Labute approximate surface area is 138 Å². The van der Waals surface area contributed by atoms with Crippen LogP contribution >= 0.6 is 15.9 Å². The molecule has 2 rings (SSSR count). The second kappa shape index (κ2) is 8.70. The van der Waals surface area contributed by atoms with Crippen molar-refractivity contribution in [2.75, 3.05) is 25.2 Å². The number of alkyl halides is 1. The first-order chi connectivity index (χ1) is 10.7. The molecule has 1 atom stereocenters. The minimum atomic E-state index is -0.386. The molecule has 0 N–H and O–H groups in total. The van der Waals surface area contributed by atoms with Crippen LogP contribution in [0.1, 0.15) is 29.0 Å². The van der Waals surface area contributed by atoms with E-state index < -0.39 is 0 Å². The van der Waals surface area contributed by atoms with Crippen LogP contribution in [0.4, 0.5) is 0 Å². The van der Waals surface area contributed by atoms with Gasteiger partial charge >= 0.3 is 5.97 Å². The fourth-order valence-corrected chi connectivity index (χ4v) is 2.32. The SMILES string of the molecule is C[C@H](c1ccccc1)n1cncc1C(=O)OCCOCCBr. The van der Waals surface area contributed by atoms with E-state index in [1.807, 2.05) is 41.8 Å². The number of rotatable bonds is 8. The average Bonchev–Trinajstić information content (AvgIpc) is 3.04. The normalized spacial score (nSPS) is 12.1. The van der Waals surface area contributed by atoms with Crippen molar-refractivity contribution in [2.24, 2.45) is 0 Å². The predicted octanol–water partition coefficient (Wildman–Crippen LogP) is 3.06. The number of esters is 1. The van der Waals surface area contributed by atoms with Crippen molar-refractivity contribution < 1.29 is 14.3 Å². The summed E-state index contributed by atoms with van der Waals surface area (Å²) in [5.41, 5.74) is 1.55. The van der Waals surface area contributed by atoms with E-state index in [1.54, 1.807) is 6.33 Å². The van der Waals surface area contributed by atoms with E-state index in [1.165, 1.54) is 6.20 Å². The number of ether oxygens (including phenoxy) is 2. The van der Waals surface area contributed by atoms with Crippen molar-refractivity contribution in [2.45, 2.75) is 13.0 Å². The lowest BCUT2D eigenvalue weighted by molar-refractivity contribution is 0.0328. The minimum absolute atomic E-state index is 0.0101. The molecule has 6 heteroatoms. The number of benzene rings is 1. The fourth-order valence-electron chi connectivity index (χ4n) is 2.09. The van der Waals surface area contributed by atoms with Crippen molar-refractivity contribution in [3.63, 3.8) is 0 Å². The Hall–Kier alpha value is -1.66. The molecular formula is C16H19BrN2O3. The van der Waals surface area contributed by atoms with Gasteiger partial charge in [-0.3, -0.25) is 0 Å². The van der Waals surface area contributed by atoms with Gasteiger partial charge in [0.25, 0.3) is 0 Å². The number of carbonyl (C=O) groups is 1. The molecular weight excluding hydrogens is 348 g/mol. The highest BCUT2D eigenvalue weighted by molar-refractivity contribution is 9.09. The molecule has 0 fully saturated rings. The Bertz CT molecular complexity index is 586. The number of hydrogen-bond acceptors (Lipinski definition) is 4. The van der Waals surface area contributed by atoms with Crippen LogP contribution in [-0.4, -0.2) is 40.7 Å². The summed E-state index contributed by atoms with van der Waals surface area (Å²) in [5, 5.41) is 0.766. The van der Waals surface area contributed by atoms with Gasteiger partial charge in [0.05, 0.1) is 31.8 Å². The molecule has 0 aliphatic heterocycles. The summed E-state index contributed by atoms with van der Waals surface area (Å²) in [6.07, 6.45) is 3.18. The van der Waals surface area contributed by atoms with Gasteiger partial charge in [-0.2, -0.15) is 0 Å². The van der Waals surface area contributed by atoms with Crippen LogP contribution in [0.2, 0.25) is 0 Å². The smallest absolute Gasteiger partial charge is 0.356 e. The molecule has 0 amide bonds. The maximum atomic E-state index is 12.1. The van der Waals surface area contributed by atoms with E-state index in [0.29, 0.717) is 18.9 Å². The zero-order valence-corrected chi connectivity index (χ0v) is 14.0. The van der Waals surface area contributed by atoms with Crippen molar-refractivity contribution in [1.82, 2.24) is 9.55 Å². The average molecular weight is 367 g/mol. The van der Waals surface area contributed by atoms with Crippen LogP contribution in [-0.2, 0) is 9.47 Å². The Kier molecular flexibility index (Phi) is 6.61. The second-order valence-electron chi connectivity index (χ2n) is 4.71. The van der Waals surface area contributed by atoms with E-state index in [-0.39, 0.29) is 18.6 Å². The third-order valence-electron chi connectivity index (χ3n) is 3.26. The third kappa shape index (κ3) is 4.42. The van der Waals surface area contributed by atoms with Crippen molar-refractivity contribution in [3.05, 3.63) is 54.1 Å². The van der Waals surface area contributed by atoms with Gasteiger partial charge in [0.1, 0.15) is 12.3 Å². The first kappa shape index (κ1) is 16.7. The highest BCUT2D eigenvalue weighted by Gasteiger charge is 2.18. The van der Waals surface area contributed by atoms with Gasteiger partial charge in [-0.1, -0.05) is 46.3 Å². The third-order valence-corrected chi connectivity index (χ3v) is 3.58. The monoisotopic (exact) mass is 366 g/mol. The fraction of sp³-hybridized carbons (Fsp3) is 0.375. The predicted molar refractivity (Wildman–Crippen MR) is 87.4 cm³/mol. The molecule has 1 aromatic heterocycles. The van der Waals surface area contributed by atoms with E-state index in [9.17, 15) is 4.79 Å². The molecule has 1 heterocycles. The highest BCUT2D eigenvalue weighted by Crippen LogP contribution is 2.19. The molecule has 118 valence electrons. The molecule has 0 radical (unpaired) electrons. The quantitative estimate of drug-likeness (QED) is 0.409. The van der Waals surface area contributed by atoms with Gasteiger partial charge in [0.2, 0.25) is 0 Å². The molecule has 0 saturated heterocycles. The number of carbonyl (C=O) groups excluding carboxylic acids is 1. The largest absolute Gasteiger partial charge is 0.459 e. The summed E-state index contributed by atoms with van der Waals surface area (Å²) in [6, 6.07) is 9.97. The molecule has 22 heavy (non-hydrogen) atoms. The van der Waals surface area contributed by atoms with Crippen LogP contribution in [0.15, 0.2) is 42.9 Å². The van der Waals surface area contributed by atoms with Crippen LogP contribution in [0, 0.1) is 0 Å². The molecule has 0 aliphatic carbocycles. The van der Waals surface area contributed by atoms with E-state index in [2.05, 4.69) is 20.9 Å². The molecule has 0 bridgehead atoms. The van der Waals surface area contributed by atoms with Crippen LogP contribution in [0.5, 0.6) is 0 Å². The van der Waals surface area contributed by atoms with Crippen LogP contribution in [0.25, 0.3) is 0 Å². The number of hydrogen-bond donors (Lipinski definition) is 0. The lowest BCUT2D eigenvalue weighted by atomic mass is 10.1. The van der Waals surface area contributed by atoms with Crippen LogP contribution < -0.4 is 0 Å². The summed E-state index contributed by atoms with van der Waals surface area (Å²) in [4.78, 5) is 16.2. The molecule has 0 unspecified atom stereocenters. The first-order valence-electron chi connectivity index (χ1n) is 7.11. The number of nitrogens with zero attached hydrogens (tertiary/aromatic N) is 2. The van der Waals surface area contributed by atoms with E-state index in [4.69, 9.17) is 9.47 Å². The Morgan fingerprint density at radius 2 is 2.05 bits per heavy atom. The Morgan fingerprint density at radius 1 is 1.27 bits per heavy atom. The lowest BCUT2D eigenvalue weighted by Crippen LogP contribution is -2.17. The van der Waals surface area contributed by atoms with Gasteiger partial charge < -0.3 is 14.0 Å². The zero-order chi connectivity index (χ0) is 15.8. The van der Waals surface area contributed by atoms with Crippen molar-refractivity contribution >= 4 is 21.9 Å². The van der Waals surface area contributed by atoms with Gasteiger partial charge in [0, 0.05) is 5.33 Å². The maximum absolute atomic E-state index is 12.1. The number of aromatic nitrogens is 2. The summed E-state index contributed by atoms with van der Waals surface area (Å²) in [6.45, 7) is 3.24. The zero-order valence-electron chi connectivity index (χ0n) is 12.4. The van der Waals surface area contributed by atoms with Crippen molar-refractivity contribution in [3.8, 4) is 0 Å². The summed E-state index contributed by atoms with van der Waals surface area (Å²) >= 11 is 3.27. The lowest BCUT2D eigenvalue weighted by Gasteiger charge is -2.16. The topological polar surface area (TPSA) is 53.4 Å². The number of halogens is 1. The van der Waals surface area contributed by atoms with Gasteiger partial charge in [-0.25, -0.2) is 9.78 Å². The summed E-state index contributed by atoms with van der Waals surface area (Å²) in [7, 11) is 0. The van der Waals surface area contributed by atoms with Crippen LogP contribution in [0.3, 0.4) is 0 Å². The van der Waals surface area contributed by atoms with E-state index >= 15 is 0 Å². The molecule has 5 nitrogen and oxygen atoms in total. The Morgan fingerprint density at radius 3 is 2.77 bits per heavy atom. The highest BCUT2D eigenvalue weighted by atomic mass is 79.9. The Balaban J connectivity index is 1.98. The van der Waals surface area contributed by atoms with Gasteiger partial charge in [0.15, 0.2) is 0 Å². The standard InChI is InChI=1S/C16H19BrN2O3/c1-13(14-5-3-2-4-6-14)19-12-18-11-15(19)16(20)22-10-9-21-8-7-17/h2-6,11-13H,7-10H2,1H3/t13-/m1/s1. The van der Waals surface area contributed by atoms with Crippen molar-refractivity contribution in [1.29, 1.82) is 0 Å². The number of imidazole rings is 1. The molecule has 1 aromatic carbocycles. The molecule has 0 spiro atoms. The summed E-state index contributed by atoms with van der Waals surface area (Å²) in [5.74, 6) is -0.386.